The van der Waals surface area contributed by atoms with Gasteiger partial charge in [0.25, 0.3) is 0 Å². The Hall–Kier alpha value is -2.58. The van der Waals surface area contributed by atoms with Crippen molar-refractivity contribution in [1.82, 2.24) is 4.72 Å². The van der Waals surface area contributed by atoms with Crippen molar-refractivity contribution in [1.29, 1.82) is 0 Å². The second-order valence-electron chi connectivity index (χ2n) is 5.59. The zero-order valence-electron chi connectivity index (χ0n) is 15.1. The zero-order chi connectivity index (χ0) is 19.3. The van der Waals surface area contributed by atoms with Crippen LogP contribution in [0.5, 0.6) is 11.5 Å². The van der Waals surface area contributed by atoms with Gasteiger partial charge in [-0.3, -0.25) is 4.79 Å². The number of carbonyl (C=O) groups is 1. The third kappa shape index (κ3) is 4.53. The molecule has 140 valence electrons. The second-order valence-corrected chi connectivity index (χ2v) is 7.45. The molecule has 0 saturated carbocycles. The van der Waals surface area contributed by atoms with Crippen LogP contribution in [-0.4, -0.2) is 35.6 Å². The Morgan fingerprint density at radius 1 is 1.08 bits per heavy atom. The van der Waals surface area contributed by atoms with Crippen LogP contribution in [0.1, 0.15) is 11.1 Å². The minimum absolute atomic E-state index is 0.0785. The van der Waals surface area contributed by atoms with Gasteiger partial charge in [-0.1, -0.05) is 12.1 Å². The van der Waals surface area contributed by atoms with Crippen molar-refractivity contribution in [2.45, 2.75) is 18.2 Å². The molecule has 0 aliphatic rings. The van der Waals surface area contributed by atoms with Crippen LogP contribution in [0, 0.1) is 6.92 Å². The van der Waals surface area contributed by atoms with E-state index in [1.807, 2.05) is 0 Å². The molecule has 2 aromatic carbocycles. The SMILES string of the molecule is CNS(=O)(=O)c1cc(NC(=O)Cc2ccc(OC)cc2OC)ccc1C. The highest BCUT2D eigenvalue weighted by Gasteiger charge is 2.16. The van der Waals surface area contributed by atoms with Crippen molar-refractivity contribution in [2.24, 2.45) is 0 Å². The lowest BCUT2D eigenvalue weighted by Gasteiger charge is -2.12. The summed E-state index contributed by atoms with van der Waals surface area (Å²) in [5.74, 6) is 0.887. The van der Waals surface area contributed by atoms with Gasteiger partial charge in [-0.05, 0) is 37.7 Å². The van der Waals surface area contributed by atoms with Crippen LogP contribution in [0.2, 0.25) is 0 Å². The molecule has 0 spiro atoms. The molecule has 1 amide bonds. The first-order chi connectivity index (χ1) is 12.3. The summed E-state index contributed by atoms with van der Waals surface area (Å²) in [6.07, 6.45) is 0.0785. The number of carbonyl (C=O) groups excluding carboxylic acids is 1. The first-order valence-corrected chi connectivity index (χ1v) is 9.34. The number of benzene rings is 2. The largest absolute Gasteiger partial charge is 0.497 e. The molecule has 0 radical (unpaired) electrons. The predicted octanol–water partition coefficient (Wildman–Crippen LogP) is 2.10. The Morgan fingerprint density at radius 2 is 1.81 bits per heavy atom. The van der Waals surface area contributed by atoms with Crippen LogP contribution < -0.4 is 19.5 Å². The average Bonchev–Trinajstić information content (AvgIpc) is 2.63. The smallest absolute Gasteiger partial charge is 0.240 e. The van der Waals surface area contributed by atoms with E-state index in [1.165, 1.54) is 20.2 Å². The molecule has 0 fully saturated rings. The molecule has 0 saturated heterocycles. The number of anilines is 1. The molecule has 0 heterocycles. The monoisotopic (exact) mass is 378 g/mol. The number of nitrogens with one attached hydrogen (secondary N) is 2. The van der Waals surface area contributed by atoms with E-state index < -0.39 is 10.0 Å². The van der Waals surface area contributed by atoms with Gasteiger partial charge in [0.2, 0.25) is 15.9 Å². The quantitative estimate of drug-likeness (QED) is 0.770. The molecule has 0 unspecified atom stereocenters. The molecule has 2 aromatic rings. The first-order valence-electron chi connectivity index (χ1n) is 7.85. The summed E-state index contributed by atoms with van der Waals surface area (Å²) in [6.45, 7) is 1.69. The molecule has 7 nitrogen and oxygen atoms in total. The summed E-state index contributed by atoms with van der Waals surface area (Å²) in [5.41, 5.74) is 1.69. The van der Waals surface area contributed by atoms with Gasteiger partial charge < -0.3 is 14.8 Å². The molecular formula is C18H22N2O5S. The fourth-order valence-electron chi connectivity index (χ4n) is 2.45. The average molecular weight is 378 g/mol. The van der Waals surface area contributed by atoms with Crippen LogP contribution >= 0.6 is 0 Å². The van der Waals surface area contributed by atoms with E-state index in [4.69, 9.17) is 9.47 Å². The molecular weight excluding hydrogens is 356 g/mol. The number of hydrogen-bond donors (Lipinski definition) is 2. The van der Waals surface area contributed by atoms with Gasteiger partial charge in [0.15, 0.2) is 0 Å². The highest BCUT2D eigenvalue weighted by molar-refractivity contribution is 7.89. The van der Waals surface area contributed by atoms with Crippen molar-refractivity contribution in [3.05, 3.63) is 47.5 Å². The second kappa shape index (κ2) is 8.20. The van der Waals surface area contributed by atoms with E-state index in [0.717, 1.165) is 0 Å². The highest BCUT2D eigenvalue weighted by atomic mass is 32.2. The summed E-state index contributed by atoms with van der Waals surface area (Å²) in [4.78, 5) is 12.5. The van der Waals surface area contributed by atoms with Gasteiger partial charge in [0, 0.05) is 17.3 Å². The molecule has 0 aliphatic heterocycles. The lowest BCUT2D eigenvalue weighted by Crippen LogP contribution is -2.20. The maximum atomic E-state index is 12.4. The van der Waals surface area contributed by atoms with Gasteiger partial charge in [0.05, 0.1) is 25.5 Å². The molecule has 0 aliphatic carbocycles. The van der Waals surface area contributed by atoms with Crippen LogP contribution in [0.15, 0.2) is 41.3 Å². The van der Waals surface area contributed by atoms with Crippen molar-refractivity contribution >= 4 is 21.6 Å². The number of hydrogen-bond acceptors (Lipinski definition) is 5. The van der Waals surface area contributed by atoms with E-state index in [-0.39, 0.29) is 17.2 Å². The lowest BCUT2D eigenvalue weighted by atomic mass is 10.1. The van der Waals surface area contributed by atoms with Crippen molar-refractivity contribution in [3.63, 3.8) is 0 Å². The molecule has 2 rings (SSSR count). The number of ether oxygens (including phenoxy) is 2. The Bertz CT molecular complexity index is 910. The summed E-state index contributed by atoms with van der Waals surface area (Å²) >= 11 is 0. The molecule has 26 heavy (non-hydrogen) atoms. The van der Waals surface area contributed by atoms with Crippen LogP contribution in [0.3, 0.4) is 0 Å². The summed E-state index contributed by atoms with van der Waals surface area (Å²) in [7, 11) is 0.813. The van der Waals surface area contributed by atoms with Crippen LogP contribution in [-0.2, 0) is 21.2 Å². The Morgan fingerprint density at radius 3 is 2.42 bits per heavy atom. The third-order valence-corrected chi connectivity index (χ3v) is 5.43. The standard InChI is InChI=1S/C18H22N2O5S/c1-12-5-7-14(10-17(12)26(22,23)19-2)20-18(21)9-13-6-8-15(24-3)11-16(13)25-4/h5-8,10-11,19H,9H2,1-4H3,(H,20,21). The van der Waals surface area contributed by atoms with E-state index in [2.05, 4.69) is 10.0 Å². The van der Waals surface area contributed by atoms with E-state index >= 15 is 0 Å². The minimum atomic E-state index is -3.60. The highest BCUT2D eigenvalue weighted by Crippen LogP contribution is 2.25. The maximum Gasteiger partial charge on any atom is 0.240 e. The Labute approximate surface area is 153 Å². The van der Waals surface area contributed by atoms with Gasteiger partial charge in [-0.15, -0.1) is 0 Å². The number of rotatable bonds is 7. The molecule has 0 atom stereocenters. The van der Waals surface area contributed by atoms with Gasteiger partial charge in [0.1, 0.15) is 11.5 Å². The molecule has 0 bridgehead atoms. The van der Waals surface area contributed by atoms with Crippen LogP contribution in [0.4, 0.5) is 5.69 Å². The first kappa shape index (κ1) is 19.7. The normalized spacial score (nSPS) is 11.1. The number of sulfonamides is 1. The van der Waals surface area contributed by atoms with E-state index in [1.54, 1.807) is 44.4 Å². The predicted molar refractivity (Wildman–Crippen MR) is 99.3 cm³/mol. The van der Waals surface area contributed by atoms with Crippen LogP contribution in [0.25, 0.3) is 0 Å². The summed E-state index contributed by atoms with van der Waals surface area (Å²) in [6, 6.07) is 9.94. The minimum Gasteiger partial charge on any atom is -0.497 e. The fourth-order valence-corrected chi connectivity index (χ4v) is 3.45. The number of methoxy groups -OCH3 is 2. The third-order valence-electron chi connectivity index (χ3n) is 3.88. The van der Waals surface area contributed by atoms with Gasteiger partial charge in [-0.25, -0.2) is 13.1 Å². The Balaban J connectivity index is 2.20. The van der Waals surface area contributed by atoms with Crippen molar-refractivity contribution in [2.75, 3.05) is 26.6 Å². The van der Waals surface area contributed by atoms with Crippen molar-refractivity contribution < 1.29 is 22.7 Å². The van der Waals surface area contributed by atoms with Gasteiger partial charge in [-0.2, -0.15) is 0 Å². The van der Waals surface area contributed by atoms with E-state index in [9.17, 15) is 13.2 Å². The fraction of sp³-hybridized carbons (Fsp3) is 0.278. The molecule has 0 aromatic heterocycles. The van der Waals surface area contributed by atoms with Crippen molar-refractivity contribution in [3.8, 4) is 11.5 Å². The summed E-state index contributed by atoms with van der Waals surface area (Å²) in [5, 5.41) is 2.72. The molecule has 8 heteroatoms. The lowest BCUT2D eigenvalue weighted by molar-refractivity contribution is -0.115. The number of amides is 1. The van der Waals surface area contributed by atoms with Gasteiger partial charge >= 0.3 is 0 Å². The zero-order valence-corrected chi connectivity index (χ0v) is 15.9. The van der Waals surface area contributed by atoms with E-state index in [0.29, 0.717) is 28.3 Å². The molecule has 2 N–H and O–H groups in total. The maximum absolute atomic E-state index is 12.4. The summed E-state index contributed by atoms with van der Waals surface area (Å²) < 4.78 is 36.8. The Kier molecular flexibility index (Phi) is 6.23. The topological polar surface area (TPSA) is 93.7 Å². The number of aryl methyl sites for hydroxylation is 1.